The second-order valence-corrected chi connectivity index (χ2v) is 4.79. The maximum Gasteiger partial charge on any atom is 0.221 e. The summed E-state index contributed by atoms with van der Waals surface area (Å²) in [4.78, 5) is 11.7. The van der Waals surface area contributed by atoms with Crippen LogP contribution < -0.4 is 15.8 Å². The largest absolute Gasteiger partial charge is 0.496 e. The van der Waals surface area contributed by atoms with Gasteiger partial charge in [-0.3, -0.25) is 4.79 Å². The molecule has 0 aromatic heterocycles. The molecule has 1 amide bonds. The third-order valence-corrected chi connectivity index (χ3v) is 3.32. The van der Waals surface area contributed by atoms with Crippen LogP contribution in [0.2, 0.25) is 0 Å². The van der Waals surface area contributed by atoms with Gasteiger partial charge in [0, 0.05) is 24.6 Å². The van der Waals surface area contributed by atoms with E-state index in [1.807, 2.05) is 24.3 Å². The Morgan fingerprint density at radius 1 is 1.50 bits per heavy atom. The van der Waals surface area contributed by atoms with Gasteiger partial charge in [0.05, 0.1) is 7.11 Å². The Kier molecular flexibility index (Phi) is 4.20. The first-order valence-electron chi connectivity index (χ1n) is 6.35. The average Bonchev–Trinajstić information content (AvgIpc) is 3.21. The summed E-state index contributed by atoms with van der Waals surface area (Å²) in [6.45, 7) is 0.486. The zero-order valence-corrected chi connectivity index (χ0v) is 10.7. The number of carbonyl (C=O) groups excluding carboxylic acids is 1. The number of hydrogen-bond donors (Lipinski definition) is 2. The fraction of sp³-hybridized carbons (Fsp3) is 0.500. The van der Waals surface area contributed by atoms with Gasteiger partial charge in [-0.25, -0.2) is 0 Å². The molecule has 3 N–H and O–H groups in total. The van der Waals surface area contributed by atoms with Crippen molar-refractivity contribution in [2.24, 2.45) is 11.7 Å². The van der Waals surface area contributed by atoms with Gasteiger partial charge in [-0.05, 0) is 24.8 Å². The Labute approximate surface area is 108 Å². The third kappa shape index (κ3) is 3.47. The van der Waals surface area contributed by atoms with Gasteiger partial charge in [0.25, 0.3) is 0 Å². The molecule has 4 heteroatoms. The van der Waals surface area contributed by atoms with Crippen LogP contribution in [0.1, 0.15) is 24.8 Å². The molecule has 4 nitrogen and oxygen atoms in total. The number of methoxy groups -OCH3 is 1. The number of nitrogens with one attached hydrogen (secondary N) is 1. The van der Waals surface area contributed by atoms with Crippen molar-refractivity contribution < 1.29 is 9.53 Å². The predicted molar refractivity (Wildman–Crippen MR) is 70.2 cm³/mol. The lowest BCUT2D eigenvalue weighted by Crippen LogP contribution is -2.32. The molecule has 1 aliphatic carbocycles. The van der Waals surface area contributed by atoms with E-state index in [1.165, 1.54) is 12.8 Å². The van der Waals surface area contributed by atoms with Crippen molar-refractivity contribution in [2.75, 3.05) is 7.11 Å². The highest BCUT2D eigenvalue weighted by Gasteiger charge is 2.29. The smallest absolute Gasteiger partial charge is 0.221 e. The zero-order valence-electron chi connectivity index (χ0n) is 10.7. The number of nitrogens with two attached hydrogens (primary N) is 1. The predicted octanol–water partition coefficient (Wildman–Crippen LogP) is 1.44. The Bertz CT molecular complexity index is 416. The lowest BCUT2D eigenvalue weighted by molar-refractivity contribution is -0.121. The lowest BCUT2D eigenvalue weighted by Gasteiger charge is -2.12. The summed E-state index contributed by atoms with van der Waals surface area (Å²) < 4.78 is 5.23. The molecule has 1 saturated carbocycles. The molecule has 0 spiro atoms. The highest BCUT2D eigenvalue weighted by molar-refractivity contribution is 5.76. The Morgan fingerprint density at radius 3 is 2.89 bits per heavy atom. The zero-order chi connectivity index (χ0) is 13.0. The molecule has 1 atom stereocenters. The number of ether oxygens (including phenoxy) is 1. The molecule has 18 heavy (non-hydrogen) atoms. The van der Waals surface area contributed by atoms with Gasteiger partial charge < -0.3 is 15.8 Å². The van der Waals surface area contributed by atoms with Crippen LogP contribution in [0.4, 0.5) is 0 Å². The van der Waals surface area contributed by atoms with E-state index >= 15 is 0 Å². The number of carbonyl (C=O) groups is 1. The molecule has 1 unspecified atom stereocenters. The second-order valence-electron chi connectivity index (χ2n) is 4.79. The summed E-state index contributed by atoms with van der Waals surface area (Å²) >= 11 is 0. The minimum absolute atomic E-state index is 0.0142. The molecule has 0 bridgehead atoms. The molecular weight excluding hydrogens is 228 g/mol. The van der Waals surface area contributed by atoms with Crippen molar-refractivity contribution in [2.45, 2.75) is 31.8 Å². The Morgan fingerprint density at radius 2 is 2.22 bits per heavy atom. The number of benzene rings is 1. The first-order chi connectivity index (χ1) is 8.70. The van der Waals surface area contributed by atoms with Gasteiger partial charge >= 0.3 is 0 Å². The second kappa shape index (κ2) is 5.87. The SMILES string of the molecule is COc1ccccc1CNC(=O)CC(N)C1CC1. The normalized spacial score (nSPS) is 16.1. The number of para-hydroxylation sites is 1. The molecule has 2 rings (SSSR count). The Balaban J connectivity index is 1.81. The molecule has 0 radical (unpaired) electrons. The monoisotopic (exact) mass is 248 g/mol. The van der Waals surface area contributed by atoms with Gasteiger partial charge in [0.15, 0.2) is 0 Å². The highest BCUT2D eigenvalue weighted by atomic mass is 16.5. The summed E-state index contributed by atoms with van der Waals surface area (Å²) in [6, 6.07) is 7.69. The molecular formula is C14H20N2O2. The van der Waals surface area contributed by atoms with E-state index in [4.69, 9.17) is 10.5 Å². The van der Waals surface area contributed by atoms with Crippen molar-refractivity contribution in [3.63, 3.8) is 0 Å². The average molecular weight is 248 g/mol. The third-order valence-electron chi connectivity index (χ3n) is 3.32. The molecule has 0 heterocycles. The Hall–Kier alpha value is -1.55. The van der Waals surface area contributed by atoms with Crippen LogP contribution in [0.5, 0.6) is 5.75 Å². The minimum Gasteiger partial charge on any atom is -0.496 e. The maximum atomic E-state index is 11.7. The first kappa shape index (κ1) is 12.9. The van der Waals surface area contributed by atoms with E-state index in [0.29, 0.717) is 18.9 Å². The maximum absolute atomic E-state index is 11.7. The van der Waals surface area contributed by atoms with E-state index < -0.39 is 0 Å². The highest BCUT2D eigenvalue weighted by Crippen LogP contribution is 2.32. The molecule has 1 aromatic carbocycles. The fourth-order valence-corrected chi connectivity index (χ4v) is 2.02. The van der Waals surface area contributed by atoms with Gasteiger partial charge in [0.1, 0.15) is 5.75 Å². The molecule has 1 aromatic rings. The van der Waals surface area contributed by atoms with Crippen molar-refractivity contribution in [1.82, 2.24) is 5.32 Å². The molecule has 0 aliphatic heterocycles. The molecule has 1 fully saturated rings. The summed E-state index contributed by atoms with van der Waals surface area (Å²) in [7, 11) is 1.63. The molecule has 1 aliphatic rings. The van der Waals surface area contributed by atoms with E-state index in [9.17, 15) is 4.79 Å². The van der Waals surface area contributed by atoms with Gasteiger partial charge in [-0.15, -0.1) is 0 Å². The van der Waals surface area contributed by atoms with Crippen molar-refractivity contribution in [1.29, 1.82) is 0 Å². The van der Waals surface area contributed by atoms with Crippen LogP contribution in [-0.4, -0.2) is 19.1 Å². The lowest BCUT2D eigenvalue weighted by atomic mass is 10.1. The summed E-state index contributed by atoms with van der Waals surface area (Å²) in [6.07, 6.45) is 2.75. The van der Waals surface area contributed by atoms with E-state index in [-0.39, 0.29) is 11.9 Å². The number of hydrogen-bond acceptors (Lipinski definition) is 3. The van der Waals surface area contributed by atoms with E-state index in [0.717, 1.165) is 11.3 Å². The first-order valence-corrected chi connectivity index (χ1v) is 6.35. The van der Waals surface area contributed by atoms with Crippen LogP contribution in [-0.2, 0) is 11.3 Å². The van der Waals surface area contributed by atoms with Crippen LogP contribution in [0.15, 0.2) is 24.3 Å². The van der Waals surface area contributed by atoms with E-state index in [2.05, 4.69) is 5.32 Å². The quantitative estimate of drug-likeness (QED) is 0.800. The summed E-state index contributed by atoms with van der Waals surface area (Å²) in [5.74, 6) is 1.37. The van der Waals surface area contributed by atoms with E-state index in [1.54, 1.807) is 7.11 Å². The summed E-state index contributed by atoms with van der Waals surface area (Å²) in [5, 5.41) is 2.89. The topological polar surface area (TPSA) is 64.3 Å². The minimum atomic E-state index is 0.0142. The number of amides is 1. The van der Waals surface area contributed by atoms with Crippen molar-refractivity contribution >= 4 is 5.91 Å². The number of rotatable bonds is 6. The van der Waals surface area contributed by atoms with Gasteiger partial charge in [0.2, 0.25) is 5.91 Å². The van der Waals surface area contributed by atoms with Crippen LogP contribution >= 0.6 is 0 Å². The van der Waals surface area contributed by atoms with Crippen molar-refractivity contribution in [3.8, 4) is 5.75 Å². The molecule has 98 valence electrons. The molecule has 0 saturated heterocycles. The van der Waals surface area contributed by atoms with Crippen LogP contribution in [0.3, 0.4) is 0 Å². The summed E-state index contributed by atoms with van der Waals surface area (Å²) in [5.41, 5.74) is 6.90. The van der Waals surface area contributed by atoms with Crippen LogP contribution in [0.25, 0.3) is 0 Å². The standard InChI is InChI=1S/C14H20N2O2/c1-18-13-5-3-2-4-11(13)9-16-14(17)8-12(15)10-6-7-10/h2-5,10,12H,6-9,15H2,1H3,(H,16,17). The van der Waals surface area contributed by atoms with Crippen LogP contribution in [0, 0.1) is 5.92 Å². The fourth-order valence-electron chi connectivity index (χ4n) is 2.02. The van der Waals surface area contributed by atoms with Gasteiger partial charge in [-0.2, -0.15) is 0 Å². The van der Waals surface area contributed by atoms with Gasteiger partial charge in [-0.1, -0.05) is 18.2 Å². The van der Waals surface area contributed by atoms with Crippen molar-refractivity contribution in [3.05, 3.63) is 29.8 Å².